The fourth-order valence-electron chi connectivity index (χ4n) is 3.98. The predicted octanol–water partition coefficient (Wildman–Crippen LogP) is 7.80. The van der Waals surface area contributed by atoms with Gasteiger partial charge in [0.15, 0.2) is 0 Å². The van der Waals surface area contributed by atoms with Crippen LogP contribution >= 0.6 is 0 Å². The van der Waals surface area contributed by atoms with E-state index in [0.29, 0.717) is 22.3 Å². The Morgan fingerprint density at radius 3 is 2.21 bits per heavy atom. The van der Waals surface area contributed by atoms with E-state index in [1.807, 2.05) is 0 Å². The summed E-state index contributed by atoms with van der Waals surface area (Å²) >= 11 is 0. The number of carboxylic acids is 1. The van der Waals surface area contributed by atoms with Gasteiger partial charge in [-0.3, -0.25) is 4.79 Å². The largest absolute Gasteiger partial charge is 0.488 e. The fourth-order valence-corrected chi connectivity index (χ4v) is 3.98. The topological polar surface area (TPSA) is 75.6 Å². The highest BCUT2D eigenvalue weighted by molar-refractivity contribution is 5.97. The number of alkyl halides is 3. The first kappa shape index (κ1) is 27.4. The van der Waals surface area contributed by atoms with Crippen molar-refractivity contribution in [2.45, 2.75) is 26.1 Å². The normalized spacial score (nSPS) is 11.2. The number of benzene rings is 4. The Hall–Kier alpha value is -4.66. The Balaban J connectivity index is 1.85. The average molecular weight is 538 g/mol. The van der Waals surface area contributed by atoms with E-state index >= 15 is 0 Å². The van der Waals surface area contributed by atoms with Crippen LogP contribution in [0.4, 0.5) is 23.2 Å². The van der Waals surface area contributed by atoms with E-state index in [4.69, 9.17) is 4.74 Å². The summed E-state index contributed by atoms with van der Waals surface area (Å²) in [5, 5.41) is 12.3. The molecule has 0 aliphatic carbocycles. The second-order valence-corrected chi connectivity index (χ2v) is 8.68. The van der Waals surface area contributed by atoms with Crippen molar-refractivity contribution in [3.63, 3.8) is 0 Å². The summed E-state index contributed by atoms with van der Waals surface area (Å²) in [6, 6.07) is 19.5. The third kappa shape index (κ3) is 6.62. The molecule has 1 amide bonds. The molecule has 2 N–H and O–H groups in total. The first-order chi connectivity index (χ1) is 18.5. The van der Waals surface area contributed by atoms with E-state index < -0.39 is 23.5 Å². The van der Waals surface area contributed by atoms with E-state index in [-0.39, 0.29) is 41.5 Å². The Kier molecular flexibility index (Phi) is 7.99. The summed E-state index contributed by atoms with van der Waals surface area (Å²) < 4.78 is 60.3. The van der Waals surface area contributed by atoms with Gasteiger partial charge in [-0.15, -0.1) is 0 Å². The molecule has 4 aromatic rings. The molecule has 4 aromatic carbocycles. The SMILES string of the molecule is CCC(=O)Nc1cc(C(=O)O)cc(-c2ccccc2-c2cc(C(F)(F)F)ccc2OCc2ccc(F)cc2)c1. The molecule has 5 nitrogen and oxygen atoms in total. The summed E-state index contributed by atoms with van der Waals surface area (Å²) in [4.78, 5) is 23.8. The van der Waals surface area contributed by atoms with Crippen molar-refractivity contribution in [2.75, 3.05) is 5.32 Å². The van der Waals surface area contributed by atoms with Crippen molar-refractivity contribution in [1.82, 2.24) is 0 Å². The highest BCUT2D eigenvalue weighted by Gasteiger charge is 2.31. The van der Waals surface area contributed by atoms with Gasteiger partial charge in [0.2, 0.25) is 5.91 Å². The second kappa shape index (κ2) is 11.4. The lowest BCUT2D eigenvalue weighted by Gasteiger charge is -2.18. The summed E-state index contributed by atoms with van der Waals surface area (Å²) in [5.74, 6) is -1.84. The van der Waals surface area contributed by atoms with Gasteiger partial charge in [0, 0.05) is 17.7 Å². The average Bonchev–Trinajstić information content (AvgIpc) is 2.92. The van der Waals surface area contributed by atoms with Crippen molar-refractivity contribution in [1.29, 1.82) is 0 Å². The number of halogens is 4. The van der Waals surface area contributed by atoms with Crippen LogP contribution < -0.4 is 10.1 Å². The lowest BCUT2D eigenvalue weighted by molar-refractivity contribution is -0.137. The van der Waals surface area contributed by atoms with Crippen LogP contribution in [0.3, 0.4) is 0 Å². The summed E-state index contributed by atoms with van der Waals surface area (Å²) in [5.41, 5.74) is 1.14. The number of carbonyl (C=O) groups is 2. The molecular formula is C30H23F4NO4. The number of ether oxygens (including phenoxy) is 1. The lowest BCUT2D eigenvalue weighted by Crippen LogP contribution is -2.10. The van der Waals surface area contributed by atoms with Crippen LogP contribution in [-0.2, 0) is 17.6 Å². The van der Waals surface area contributed by atoms with Crippen molar-refractivity contribution >= 4 is 17.6 Å². The van der Waals surface area contributed by atoms with E-state index in [0.717, 1.165) is 12.1 Å². The third-order valence-corrected chi connectivity index (χ3v) is 5.93. The monoisotopic (exact) mass is 537 g/mol. The quantitative estimate of drug-likeness (QED) is 0.225. The molecule has 0 saturated carbocycles. The maximum absolute atomic E-state index is 13.7. The molecule has 0 fully saturated rings. The molecule has 0 bridgehead atoms. The maximum atomic E-state index is 13.7. The number of carboxylic acid groups (broad SMARTS) is 1. The van der Waals surface area contributed by atoms with Crippen LogP contribution in [0, 0.1) is 5.82 Å². The van der Waals surface area contributed by atoms with Gasteiger partial charge in [-0.25, -0.2) is 9.18 Å². The van der Waals surface area contributed by atoms with Crippen molar-refractivity contribution in [2.24, 2.45) is 0 Å². The minimum atomic E-state index is -4.62. The number of aromatic carboxylic acids is 1. The van der Waals surface area contributed by atoms with Crippen molar-refractivity contribution < 1.29 is 37.0 Å². The molecule has 9 heteroatoms. The summed E-state index contributed by atoms with van der Waals surface area (Å²) in [6.07, 6.45) is -4.46. The Bertz CT molecular complexity index is 1510. The molecule has 0 atom stereocenters. The minimum absolute atomic E-state index is 0.0253. The molecule has 4 rings (SSSR count). The molecule has 39 heavy (non-hydrogen) atoms. The van der Waals surface area contributed by atoms with Gasteiger partial charge in [-0.1, -0.05) is 43.3 Å². The molecule has 0 saturated heterocycles. The molecule has 0 aromatic heterocycles. The molecule has 0 aliphatic heterocycles. The van der Waals surface area contributed by atoms with Gasteiger partial charge in [0.05, 0.1) is 11.1 Å². The number of amides is 1. The molecular weight excluding hydrogens is 514 g/mol. The zero-order valence-electron chi connectivity index (χ0n) is 20.7. The second-order valence-electron chi connectivity index (χ2n) is 8.68. The minimum Gasteiger partial charge on any atom is -0.488 e. The third-order valence-electron chi connectivity index (χ3n) is 5.93. The van der Waals surface area contributed by atoms with E-state index in [1.165, 1.54) is 42.5 Å². The fraction of sp³-hybridized carbons (Fsp3) is 0.133. The Labute approximate surface area is 221 Å². The van der Waals surface area contributed by atoms with Gasteiger partial charge >= 0.3 is 12.1 Å². The van der Waals surface area contributed by atoms with Crippen LogP contribution in [0.15, 0.2) is 84.9 Å². The summed E-state index contributed by atoms with van der Waals surface area (Å²) in [7, 11) is 0. The number of hydrogen-bond donors (Lipinski definition) is 2. The van der Waals surface area contributed by atoms with Gasteiger partial charge in [0.1, 0.15) is 18.2 Å². The molecule has 0 spiro atoms. The van der Waals surface area contributed by atoms with Crippen LogP contribution in [0.5, 0.6) is 5.75 Å². The lowest BCUT2D eigenvalue weighted by atomic mass is 9.92. The zero-order chi connectivity index (χ0) is 28.2. The van der Waals surface area contributed by atoms with E-state index in [9.17, 15) is 32.3 Å². The van der Waals surface area contributed by atoms with Gasteiger partial charge in [-0.05, 0) is 70.8 Å². The zero-order valence-corrected chi connectivity index (χ0v) is 20.7. The highest BCUT2D eigenvalue weighted by Crippen LogP contribution is 2.42. The van der Waals surface area contributed by atoms with Gasteiger partial charge in [0.25, 0.3) is 0 Å². The van der Waals surface area contributed by atoms with Crippen molar-refractivity contribution in [3.8, 4) is 28.0 Å². The predicted molar refractivity (Wildman–Crippen MR) is 139 cm³/mol. The Morgan fingerprint density at radius 2 is 1.56 bits per heavy atom. The molecule has 0 heterocycles. The van der Waals surface area contributed by atoms with Crippen LogP contribution in [-0.4, -0.2) is 17.0 Å². The van der Waals surface area contributed by atoms with Gasteiger partial charge in [-0.2, -0.15) is 13.2 Å². The maximum Gasteiger partial charge on any atom is 0.416 e. The van der Waals surface area contributed by atoms with Crippen LogP contribution in [0.2, 0.25) is 0 Å². The number of rotatable bonds is 8. The number of nitrogens with one attached hydrogen (secondary N) is 1. The molecule has 0 radical (unpaired) electrons. The number of anilines is 1. The van der Waals surface area contributed by atoms with Crippen molar-refractivity contribution in [3.05, 3.63) is 107 Å². The van der Waals surface area contributed by atoms with Crippen LogP contribution in [0.25, 0.3) is 22.3 Å². The molecule has 200 valence electrons. The number of carbonyl (C=O) groups excluding carboxylic acids is 1. The molecule has 0 aliphatic rings. The standard InChI is InChI=1S/C30H23F4NO4/c1-2-28(36)35-23-14-19(13-20(15-23)29(37)38)24-5-3-4-6-25(24)26-16-21(30(32,33)34)9-12-27(26)39-17-18-7-10-22(31)11-8-18/h3-16H,2,17H2,1H3,(H,35,36)(H,37,38). The Morgan fingerprint density at radius 1 is 0.872 bits per heavy atom. The highest BCUT2D eigenvalue weighted by atomic mass is 19.4. The van der Waals surface area contributed by atoms with Gasteiger partial charge < -0.3 is 15.2 Å². The first-order valence-electron chi connectivity index (χ1n) is 11.9. The first-order valence-corrected chi connectivity index (χ1v) is 11.9. The summed E-state index contributed by atoms with van der Waals surface area (Å²) in [6.45, 7) is 1.62. The van der Waals surface area contributed by atoms with E-state index in [2.05, 4.69) is 5.32 Å². The van der Waals surface area contributed by atoms with E-state index in [1.54, 1.807) is 37.3 Å². The molecule has 0 unspecified atom stereocenters. The number of hydrogen-bond acceptors (Lipinski definition) is 3. The van der Waals surface area contributed by atoms with Crippen LogP contribution in [0.1, 0.15) is 34.8 Å². The smallest absolute Gasteiger partial charge is 0.416 e.